The fourth-order valence-electron chi connectivity index (χ4n) is 2.48. The highest BCUT2D eigenvalue weighted by molar-refractivity contribution is 14.0. The molecule has 2 aromatic carbocycles. The van der Waals surface area contributed by atoms with Crippen molar-refractivity contribution >= 4 is 41.5 Å². The quantitative estimate of drug-likeness (QED) is 0.321. The Morgan fingerprint density at radius 3 is 1.85 bits per heavy atom. The van der Waals surface area contributed by atoms with E-state index in [-0.39, 0.29) is 35.7 Å². The number of amides is 1. The Labute approximate surface area is 176 Å². The summed E-state index contributed by atoms with van der Waals surface area (Å²) in [4.78, 5) is 15.2. The number of carbonyl (C=O) groups is 1. The Morgan fingerprint density at radius 2 is 1.41 bits per heavy atom. The largest absolute Gasteiger partial charge is 0.356 e. The molecule has 0 saturated heterocycles. The second-order valence-corrected chi connectivity index (χ2v) is 5.93. The van der Waals surface area contributed by atoms with Crippen LogP contribution in [0.25, 0.3) is 0 Å². The maximum absolute atomic E-state index is 12.9. The first-order valence-electron chi connectivity index (χ1n) is 8.62. The lowest BCUT2D eigenvalue weighted by molar-refractivity contribution is -0.114. The number of hydrogen-bond donors (Lipinski definition) is 3. The Bertz CT molecular complexity index is 733. The molecule has 0 fully saturated rings. The molecule has 0 heterocycles. The van der Waals surface area contributed by atoms with Crippen molar-refractivity contribution < 1.29 is 9.18 Å². The van der Waals surface area contributed by atoms with Gasteiger partial charge in [-0.05, 0) is 48.2 Å². The van der Waals surface area contributed by atoms with Crippen molar-refractivity contribution in [2.45, 2.75) is 19.8 Å². The van der Waals surface area contributed by atoms with E-state index in [0.717, 1.165) is 43.1 Å². The highest BCUT2D eigenvalue weighted by Crippen LogP contribution is 2.09. The predicted molar refractivity (Wildman–Crippen MR) is 119 cm³/mol. The maximum Gasteiger partial charge on any atom is 0.221 e. The Balaban J connectivity index is 0.00000364. The molecule has 0 aliphatic heterocycles. The van der Waals surface area contributed by atoms with Crippen molar-refractivity contribution in [1.82, 2.24) is 10.6 Å². The van der Waals surface area contributed by atoms with E-state index in [9.17, 15) is 9.18 Å². The average molecular weight is 484 g/mol. The van der Waals surface area contributed by atoms with E-state index < -0.39 is 0 Å². The van der Waals surface area contributed by atoms with E-state index in [4.69, 9.17) is 0 Å². The SMILES string of the molecule is CN=C(NCCc1ccc(F)cc1)NCCc1ccc(NC(C)=O)cc1.I. The van der Waals surface area contributed by atoms with Crippen molar-refractivity contribution in [2.24, 2.45) is 4.99 Å². The topological polar surface area (TPSA) is 65.5 Å². The molecule has 0 aromatic heterocycles. The molecular formula is C20H26FIN4O. The standard InChI is InChI=1S/C20H25FN4O.HI/c1-15(26)25-19-9-5-17(6-10-19)12-14-24-20(22-2)23-13-11-16-3-7-18(21)8-4-16;/h3-10H,11-14H2,1-2H3,(H,25,26)(H2,22,23,24);1H. The number of halogens is 2. The summed E-state index contributed by atoms with van der Waals surface area (Å²) in [5, 5.41) is 9.27. The number of aliphatic imine (C=N–C) groups is 1. The molecule has 27 heavy (non-hydrogen) atoms. The first-order chi connectivity index (χ1) is 12.6. The molecule has 2 aromatic rings. The van der Waals surface area contributed by atoms with Crippen molar-refractivity contribution in [1.29, 1.82) is 0 Å². The number of nitrogens with one attached hydrogen (secondary N) is 3. The average Bonchev–Trinajstić information content (AvgIpc) is 2.63. The summed E-state index contributed by atoms with van der Waals surface area (Å²) in [5.41, 5.74) is 3.05. The molecule has 0 aliphatic rings. The van der Waals surface area contributed by atoms with Gasteiger partial charge in [-0.15, -0.1) is 24.0 Å². The van der Waals surface area contributed by atoms with Crippen LogP contribution in [0.3, 0.4) is 0 Å². The minimum absolute atomic E-state index is 0. The van der Waals surface area contributed by atoms with Crippen LogP contribution in [0.15, 0.2) is 53.5 Å². The van der Waals surface area contributed by atoms with Crippen LogP contribution >= 0.6 is 24.0 Å². The van der Waals surface area contributed by atoms with Gasteiger partial charge >= 0.3 is 0 Å². The van der Waals surface area contributed by atoms with Gasteiger partial charge in [0.1, 0.15) is 5.82 Å². The van der Waals surface area contributed by atoms with Gasteiger partial charge in [0, 0.05) is 32.7 Å². The lowest BCUT2D eigenvalue weighted by Gasteiger charge is -2.12. The van der Waals surface area contributed by atoms with Crippen LogP contribution in [0.2, 0.25) is 0 Å². The second kappa shape index (κ2) is 12.3. The molecule has 0 bridgehead atoms. The number of benzene rings is 2. The van der Waals surface area contributed by atoms with Gasteiger partial charge in [0.05, 0.1) is 0 Å². The molecule has 0 radical (unpaired) electrons. The van der Waals surface area contributed by atoms with E-state index in [1.54, 1.807) is 19.2 Å². The van der Waals surface area contributed by atoms with Gasteiger partial charge in [-0.2, -0.15) is 0 Å². The molecule has 5 nitrogen and oxygen atoms in total. The molecular weight excluding hydrogens is 458 g/mol. The van der Waals surface area contributed by atoms with Crippen LogP contribution < -0.4 is 16.0 Å². The van der Waals surface area contributed by atoms with Gasteiger partial charge in [-0.1, -0.05) is 24.3 Å². The molecule has 1 amide bonds. The number of rotatable bonds is 7. The van der Waals surface area contributed by atoms with Gasteiger partial charge in [-0.25, -0.2) is 4.39 Å². The Morgan fingerprint density at radius 1 is 0.926 bits per heavy atom. The second-order valence-electron chi connectivity index (χ2n) is 5.93. The highest BCUT2D eigenvalue weighted by Gasteiger charge is 2.00. The van der Waals surface area contributed by atoms with Gasteiger partial charge in [0.25, 0.3) is 0 Å². The van der Waals surface area contributed by atoms with Crippen molar-refractivity contribution in [2.75, 3.05) is 25.5 Å². The normalized spacial score (nSPS) is 10.7. The number of nitrogens with zero attached hydrogens (tertiary/aromatic N) is 1. The summed E-state index contributed by atoms with van der Waals surface area (Å²) >= 11 is 0. The number of hydrogen-bond acceptors (Lipinski definition) is 2. The summed E-state index contributed by atoms with van der Waals surface area (Å²) < 4.78 is 12.9. The van der Waals surface area contributed by atoms with Crippen molar-refractivity contribution in [3.8, 4) is 0 Å². The first kappa shape index (κ1) is 22.9. The van der Waals surface area contributed by atoms with Crippen LogP contribution in [-0.2, 0) is 17.6 Å². The number of anilines is 1. The van der Waals surface area contributed by atoms with Gasteiger partial charge < -0.3 is 16.0 Å². The summed E-state index contributed by atoms with van der Waals surface area (Å²) in [7, 11) is 1.73. The minimum atomic E-state index is -0.218. The van der Waals surface area contributed by atoms with Gasteiger partial charge in [0.2, 0.25) is 5.91 Å². The summed E-state index contributed by atoms with van der Waals surface area (Å²) in [6.07, 6.45) is 1.64. The summed E-state index contributed by atoms with van der Waals surface area (Å²) in [6, 6.07) is 14.3. The summed E-state index contributed by atoms with van der Waals surface area (Å²) in [6.45, 7) is 2.96. The lowest BCUT2D eigenvalue weighted by Crippen LogP contribution is -2.39. The lowest BCUT2D eigenvalue weighted by atomic mass is 10.1. The Kier molecular flexibility index (Phi) is 10.4. The molecule has 0 spiro atoms. The molecule has 3 N–H and O–H groups in total. The van der Waals surface area contributed by atoms with E-state index in [2.05, 4.69) is 20.9 Å². The van der Waals surface area contributed by atoms with Crippen LogP contribution in [0.1, 0.15) is 18.1 Å². The van der Waals surface area contributed by atoms with Crippen LogP contribution in [0.4, 0.5) is 10.1 Å². The van der Waals surface area contributed by atoms with E-state index in [1.165, 1.54) is 24.6 Å². The number of carbonyl (C=O) groups excluding carboxylic acids is 1. The zero-order valence-corrected chi connectivity index (χ0v) is 17.9. The van der Waals surface area contributed by atoms with Gasteiger partial charge in [-0.3, -0.25) is 9.79 Å². The third-order valence-corrected chi connectivity index (χ3v) is 3.82. The first-order valence-corrected chi connectivity index (χ1v) is 8.62. The molecule has 0 saturated carbocycles. The van der Waals surface area contributed by atoms with E-state index in [1.807, 2.05) is 24.3 Å². The molecule has 7 heteroatoms. The molecule has 146 valence electrons. The monoisotopic (exact) mass is 484 g/mol. The fourth-order valence-corrected chi connectivity index (χ4v) is 2.48. The van der Waals surface area contributed by atoms with E-state index in [0.29, 0.717) is 0 Å². The Hall–Kier alpha value is -2.16. The maximum atomic E-state index is 12.9. The number of guanidine groups is 1. The molecule has 0 atom stereocenters. The van der Waals surface area contributed by atoms with Crippen LogP contribution in [0.5, 0.6) is 0 Å². The van der Waals surface area contributed by atoms with E-state index >= 15 is 0 Å². The van der Waals surface area contributed by atoms with Crippen molar-refractivity contribution in [3.05, 3.63) is 65.5 Å². The van der Waals surface area contributed by atoms with Crippen molar-refractivity contribution in [3.63, 3.8) is 0 Å². The van der Waals surface area contributed by atoms with Crippen LogP contribution in [-0.4, -0.2) is 32.0 Å². The predicted octanol–water partition coefficient (Wildman–Crippen LogP) is 3.35. The van der Waals surface area contributed by atoms with Crippen LogP contribution in [0, 0.1) is 5.82 Å². The highest BCUT2D eigenvalue weighted by atomic mass is 127. The zero-order valence-electron chi connectivity index (χ0n) is 15.6. The fraction of sp³-hybridized carbons (Fsp3) is 0.300. The smallest absolute Gasteiger partial charge is 0.221 e. The zero-order chi connectivity index (χ0) is 18.8. The minimum Gasteiger partial charge on any atom is -0.356 e. The molecule has 0 unspecified atom stereocenters. The third kappa shape index (κ3) is 8.85. The summed E-state index contributed by atoms with van der Waals surface area (Å²) in [5.74, 6) is 0.446. The van der Waals surface area contributed by atoms with Gasteiger partial charge in [0.15, 0.2) is 5.96 Å². The molecule has 0 aliphatic carbocycles. The molecule has 2 rings (SSSR count). The third-order valence-electron chi connectivity index (χ3n) is 3.82.